The van der Waals surface area contributed by atoms with E-state index in [0.717, 1.165) is 12.0 Å². The summed E-state index contributed by atoms with van der Waals surface area (Å²) in [5.74, 6) is 0.625. The molecule has 100 valence electrons. The molecule has 0 spiro atoms. The lowest BCUT2D eigenvalue weighted by Crippen LogP contribution is -2.19. The Balaban J connectivity index is 2.78. The second-order valence-electron chi connectivity index (χ2n) is 4.97. The standard InChI is InChI=1S/C14H21NO2S/c1-12(2)11-14-7-5-13(6-8-14)9-10-18(16,17)15(3)4/h5-10,12H,11H2,1-4H3/b10-9+. The van der Waals surface area contributed by atoms with Crippen molar-refractivity contribution in [1.29, 1.82) is 0 Å². The lowest BCUT2D eigenvalue weighted by atomic mass is 10.0. The molecule has 0 aliphatic carbocycles. The minimum absolute atomic E-state index is 0.625. The van der Waals surface area contributed by atoms with E-state index >= 15 is 0 Å². The van der Waals surface area contributed by atoms with Gasteiger partial charge in [0.15, 0.2) is 0 Å². The van der Waals surface area contributed by atoms with Gasteiger partial charge in [-0.2, -0.15) is 0 Å². The van der Waals surface area contributed by atoms with E-state index in [4.69, 9.17) is 0 Å². The van der Waals surface area contributed by atoms with Crippen LogP contribution < -0.4 is 0 Å². The Hall–Kier alpha value is -1.13. The van der Waals surface area contributed by atoms with Gasteiger partial charge in [-0.1, -0.05) is 38.1 Å². The maximum atomic E-state index is 11.6. The van der Waals surface area contributed by atoms with Crippen LogP contribution in [0.3, 0.4) is 0 Å². The van der Waals surface area contributed by atoms with Gasteiger partial charge in [0.05, 0.1) is 0 Å². The Morgan fingerprint density at radius 2 is 1.72 bits per heavy atom. The molecule has 18 heavy (non-hydrogen) atoms. The zero-order valence-electron chi connectivity index (χ0n) is 11.4. The molecule has 0 radical (unpaired) electrons. The maximum absolute atomic E-state index is 11.6. The van der Waals surface area contributed by atoms with Crippen molar-refractivity contribution >= 4 is 16.1 Å². The van der Waals surface area contributed by atoms with E-state index in [-0.39, 0.29) is 0 Å². The quantitative estimate of drug-likeness (QED) is 0.822. The first-order chi connectivity index (χ1) is 8.31. The van der Waals surface area contributed by atoms with E-state index in [1.54, 1.807) is 6.08 Å². The molecule has 1 rings (SSSR count). The van der Waals surface area contributed by atoms with Crippen LogP contribution in [0.25, 0.3) is 6.08 Å². The number of hydrogen-bond acceptors (Lipinski definition) is 2. The molecule has 0 aliphatic rings. The normalized spacial score (nSPS) is 12.8. The van der Waals surface area contributed by atoms with Crippen molar-refractivity contribution in [1.82, 2.24) is 4.31 Å². The van der Waals surface area contributed by atoms with Crippen molar-refractivity contribution in [2.75, 3.05) is 14.1 Å². The van der Waals surface area contributed by atoms with Crippen LogP contribution in [0.5, 0.6) is 0 Å². The highest BCUT2D eigenvalue weighted by Crippen LogP contribution is 2.11. The molecule has 0 amide bonds. The van der Waals surface area contributed by atoms with Crippen molar-refractivity contribution in [2.24, 2.45) is 5.92 Å². The molecule has 3 nitrogen and oxygen atoms in total. The van der Waals surface area contributed by atoms with Gasteiger partial charge >= 0.3 is 0 Å². The van der Waals surface area contributed by atoms with Gasteiger partial charge in [-0.3, -0.25) is 0 Å². The lowest BCUT2D eigenvalue weighted by molar-refractivity contribution is 0.531. The first-order valence-electron chi connectivity index (χ1n) is 6.01. The minimum atomic E-state index is -3.27. The first kappa shape index (κ1) is 14.9. The molecule has 0 N–H and O–H groups in total. The molecule has 0 bridgehead atoms. The van der Waals surface area contributed by atoms with Crippen LogP contribution in [-0.2, 0) is 16.4 Å². The molecule has 0 fully saturated rings. The molecule has 1 aromatic rings. The van der Waals surface area contributed by atoms with Crippen LogP contribution in [0.4, 0.5) is 0 Å². The van der Waals surface area contributed by atoms with E-state index in [9.17, 15) is 8.42 Å². The zero-order chi connectivity index (χ0) is 13.8. The molecular formula is C14H21NO2S. The molecule has 0 aliphatic heterocycles. The third kappa shape index (κ3) is 4.63. The number of hydrogen-bond donors (Lipinski definition) is 0. The van der Waals surface area contributed by atoms with E-state index in [1.165, 1.54) is 29.4 Å². The summed E-state index contributed by atoms with van der Waals surface area (Å²) in [5, 5.41) is 1.23. The predicted octanol–water partition coefficient (Wildman–Crippen LogP) is 2.75. The van der Waals surface area contributed by atoms with E-state index in [1.807, 2.05) is 24.3 Å². The zero-order valence-corrected chi connectivity index (χ0v) is 12.2. The van der Waals surface area contributed by atoms with E-state index in [2.05, 4.69) is 13.8 Å². The first-order valence-corrected chi connectivity index (χ1v) is 7.51. The Bertz CT molecular complexity index is 499. The SMILES string of the molecule is CC(C)Cc1ccc(/C=C/S(=O)(=O)N(C)C)cc1. The summed E-state index contributed by atoms with van der Waals surface area (Å²) in [6.45, 7) is 4.36. The van der Waals surface area contributed by atoms with Crippen molar-refractivity contribution in [2.45, 2.75) is 20.3 Å². The van der Waals surface area contributed by atoms with Gasteiger partial charge in [-0.15, -0.1) is 0 Å². The topological polar surface area (TPSA) is 37.4 Å². The van der Waals surface area contributed by atoms with Crippen LogP contribution in [0.1, 0.15) is 25.0 Å². The average molecular weight is 267 g/mol. The van der Waals surface area contributed by atoms with Crippen LogP contribution >= 0.6 is 0 Å². The summed E-state index contributed by atoms with van der Waals surface area (Å²) in [7, 11) is -0.234. The highest BCUT2D eigenvalue weighted by molar-refractivity contribution is 7.92. The van der Waals surface area contributed by atoms with Crippen LogP contribution in [0.2, 0.25) is 0 Å². The van der Waals surface area contributed by atoms with E-state index in [0.29, 0.717) is 5.92 Å². The number of sulfonamides is 1. The Morgan fingerprint density at radius 1 is 1.17 bits per heavy atom. The van der Waals surface area contributed by atoms with Crippen LogP contribution in [0.15, 0.2) is 29.7 Å². The number of rotatable bonds is 5. The van der Waals surface area contributed by atoms with Crippen molar-refractivity contribution < 1.29 is 8.42 Å². The van der Waals surface area contributed by atoms with Gasteiger partial charge in [0.2, 0.25) is 10.0 Å². The second-order valence-corrected chi connectivity index (χ2v) is 7.00. The summed E-state index contributed by atoms with van der Waals surface area (Å²) in [6.07, 6.45) is 2.66. The van der Waals surface area contributed by atoms with Gasteiger partial charge in [0.25, 0.3) is 0 Å². The van der Waals surface area contributed by atoms with Crippen LogP contribution in [0, 0.1) is 5.92 Å². The summed E-state index contributed by atoms with van der Waals surface area (Å²) in [6, 6.07) is 7.97. The highest BCUT2D eigenvalue weighted by Gasteiger charge is 2.07. The summed E-state index contributed by atoms with van der Waals surface area (Å²) in [5.41, 5.74) is 2.17. The smallest absolute Gasteiger partial charge is 0.208 e. The molecule has 0 aromatic heterocycles. The highest BCUT2D eigenvalue weighted by atomic mass is 32.2. The monoisotopic (exact) mass is 267 g/mol. The molecular weight excluding hydrogens is 246 g/mol. The Morgan fingerprint density at radius 3 is 2.17 bits per heavy atom. The van der Waals surface area contributed by atoms with Gasteiger partial charge < -0.3 is 0 Å². The third-order valence-electron chi connectivity index (χ3n) is 2.57. The Labute approximate surface area is 110 Å². The Kier molecular flexibility index (Phi) is 5.11. The summed E-state index contributed by atoms with van der Waals surface area (Å²) < 4.78 is 24.3. The molecule has 4 heteroatoms. The average Bonchev–Trinajstić information content (AvgIpc) is 2.27. The molecule has 0 saturated carbocycles. The molecule has 1 aromatic carbocycles. The summed E-state index contributed by atoms with van der Waals surface area (Å²) >= 11 is 0. The summed E-state index contributed by atoms with van der Waals surface area (Å²) in [4.78, 5) is 0. The fourth-order valence-electron chi connectivity index (χ4n) is 1.52. The van der Waals surface area contributed by atoms with Crippen molar-refractivity contribution in [3.05, 3.63) is 40.8 Å². The van der Waals surface area contributed by atoms with Crippen molar-refractivity contribution in [3.63, 3.8) is 0 Å². The number of benzene rings is 1. The molecule has 0 heterocycles. The predicted molar refractivity (Wildman–Crippen MR) is 76.6 cm³/mol. The molecule has 0 atom stereocenters. The van der Waals surface area contributed by atoms with Crippen molar-refractivity contribution in [3.8, 4) is 0 Å². The van der Waals surface area contributed by atoms with Gasteiger partial charge in [-0.05, 0) is 29.5 Å². The fraction of sp³-hybridized carbons (Fsp3) is 0.429. The minimum Gasteiger partial charge on any atom is -0.208 e. The largest absolute Gasteiger partial charge is 0.235 e. The van der Waals surface area contributed by atoms with Gasteiger partial charge in [-0.25, -0.2) is 12.7 Å². The maximum Gasteiger partial charge on any atom is 0.235 e. The van der Waals surface area contributed by atoms with Gasteiger partial charge in [0.1, 0.15) is 0 Å². The van der Waals surface area contributed by atoms with E-state index < -0.39 is 10.0 Å². The van der Waals surface area contributed by atoms with Gasteiger partial charge in [0, 0.05) is 19.5 Å². The molecule has 0 saturated heterocycles. The van der Waals surface area contributed by atoms with Crippen LogP contribution in [-0.4, -0.2) is 26.8 Å². The number of nitrogens with zero attached hydrogens (tertiary/aromatic N) is 1. The molecule has 0 unspecified atom stereocenters. The second kappa shape index (κ2) is 6.16. The lowest BCUT2D eigenvalue weighted by Gasteiger charge is -2.06. The fourth-order valence-corrected chi connectivity index (χ4v) is 2.10. The third-order valence-corrected chi connectivity index (χ3v) is 4.06.